The van der Waals surface area contributed by atoms with Gasteiger partial charge in [0.25, 0.3) is 5.91 Å². The maximum Gasteiger partial charge on any atom is 0.254 e. The maximum absolute atomic E-state index is 12.5. The molecule has 0 atom stereocenters. The highest BCUT2D eigenvalue weighted by atomic mass is 32.2. The fraction of sp³-hybridized carbons (Fsp3) is 0.500. The van der Waals surface area contributed by atoms with Crippen molar-refractivity contribution in [3.05, 3.63) is 23.8 Å². The SMILES string of the molecule is CCS(=O)(=O)N1CCN(C(=O)c2ccc3c(c2)OCO3)CC1. The Bertz CT molecular complexity index is 680. The summed E-state index contributed by atoms with van der Waals surface area (Å²) < 4.78 is 35.6. The van der Waals surface area contributed by atoms with Crippen LogP contribution in [0.2, 0.25) is 0 Å². The molecule has 2 heterocycles. The first-order valence-corrected chi connectivity index (χ1v) is 8.79. The van der Waals surface area contributed by atoms with Crippen molar-refractivity contribution < 1.29 is 22.7 Å². The third-order valence-electron chi connectivity index (χ3n) is 3.90. The summed E-state index contributed by atoms with van der Waals surface area (Å²) in [4.78, 5) is 14.2. The van der Waals surface area contributed by atoms with Crippen LogP contribution >= 0.6 is 0 Å². The molecule has 3 rings (SSSR count). The molecule has 1 saturated heterocycles. The number of piperazine rings is 1. The molecule has 2 aliphatic rings. The zero-order chi connectivity index (χ0) is 15.7. The smallest absolute Gasteiger partial charge is 0.254 e. The summed E-state index contributed by atoms with van der Waals surface area (Å²) in [5.74, 6) is 1.17. The summed E-state index contributed by atoms with van der Waals surface area (Å²) in [5, 5.41) is 0. The molecule has 1 aromatic rings. The quantitative estimate of drug-likeness (QED) is 0.809. The summed E-state index contributed by atoms with van der Waals surface area (Å²) >= 11 is 0. The largest absolute Gasteiger partial charge is 0.454 e. The van der Waals surface area contributed by atoms with Gasteiger partial charge in [0.2, 0.25) is 16.8 Å². The topological polar surface area (TPSA) is 76.2 Å². The Balaban J connectivity index is 1.67. The van der Waals surface area contributed by atoms with Crippen LogP contribution in [0.5, 0.6) is 11.5 Å². The normalized spacial score (nSPS) is 18.5. The van der Waals surface area contributed by atoms with Gasteiger partial charge in [-0.05, 0) is 25.1 Å². The standard InChI is InChI=1S/C14H18N2O5S/c1-2-22(18,19)16-7-5-15(6-8-16)14(17)11-3-4-12-13(9-11)21-10-20-12/h3-4,9H,2,5-8,10H2,1H3. The maximum atomic E-state index is 12.5. The molecule has 22 heavy (non-hydrogen) atoms. The molecule has 0 unspecified atom stereocenters. The van der Waals surface area contributed by atoms with Gasteiger partial charge in [-0.1, -0.05) is 0 Å². The van der Waals surface area contributed by atoms with E-state index in [9.17, 15) is 13.2 Å². The van der Waals surface area contributed by atoms with E-state index in [1.807, 2.05) is 0 Å². The molecule has 7 nitrogen and oxygen atoms in total. The van der Waals surface area contributed by atoms with E-state index in [0.717, 1.165) is 0 Å². The van der Waals surface area contributed by atoms with Gasteiger partial charge in [-0.3, -0.25) is 4.79 Å². The number of hydrogen-bond donors (Lipinski definition) is 0. The highest BCUT2D eigenvalue weighted by molar-refractivity contribution is 7.89. The van der Waals surface area contributed by atoms with Gasteiger partial charge in [0.15, 0.2) is 11.5 Å². The molecule has 0 saturated carbocycles. The molecule has 0 radical (unpaired) electrons. The van der Waals surface area contributed by atoms with Gasteiger partial charge >= 0.3 is 0 Å². The number of nitrogens with zero attached hydrogens (tertiary/aromatic N) is 2. The highest BCUT2D eigenvalue weighted by Gasteiger charge is 2.28. The lowest BCUT2D eigenvalue weighted by Crippen LogP contribution is -2.50. The number of ether oxygens (including phenoxy) is 2. The van der Waals surface area contributed by atoms with Crippen molar-refractivity contribution in [3.8, 4) is 11.5 Å². The Morgan fingerprint density at radius 1 is 1.14 bits per heavy atom. The van der Waals surface area contributed by atoms with Gasteiger partial charge in [-0.25, -0.2) is 8.42 Å². The van der Waals surface area contributed by atoms with Crippen LogP contribution in [0, 0.1) is 0 Å². The first-order chi connectivity index (χ1) is 10.5. The summed E-state index contributed by atoms with van der Waals surface area (Å²) in [6, 6.07) is 5.08. The first kappa shape index (κ1) is 15.1. The number of carbonyl (C=O) groups excluding carboxylic acids is 1. The van der Waals surface area contributed by atoms with Crippen LogP contribution < -0.4 is 9.47 Å². The number of hydrogen-bond acceptors (Lipinski definition) is 5. The predicted octanol–water partition coefficient (Wildman–Crippen LogP) is 0.523. The van der Waals surface area contributed by atoms with Crippen LogP contribution in [-0.4, -0.2) is 62.3 Å². The number of amides is 1. The fourth-order valence-electron chi connectivity index (χ4n) is 2.56. The van der Waals surface area contributed by atoms with Crippen molar-refractivity contribution in [2.75, 3.05) is 38.7 Å². The van der Waals surface area contributed by atoms with E-state index in [4.69, 9.17) is 9.47 Å². The summed E-state index contributed by atoms with van der Waals surface area (Å²) in [7, 11) is -3.18. The van der Waals surface area contributed by atoms with Crippen molar-refractivity contribution in [1.82, 2.24) is 9.21 Å². The van der Waals surface area contributed by atoms with E-state index in [1.54, 1.807) is 30.0 Å². The molecule has 0 spiro atoms. The van der Waals surface area contributed by atoms with Gasteiger partial charge in [0.1, 0.15) is 0 Å². The predicted molar refractivity (Wildman–Crippen MR) is 79.5 cm³/mol. The Kier molecular flexibility index (Phi) is 3.96. The lowest BCUT2D eigenvalue weighted by Gasteiger charge is -2.33. The minimum absolute atomic E-state index is 0.0864. The minimum atomic E-state index is -3.18. The van der Waals surface area contributed by atoms with Crippen LogP contribution in [0.15, 0.2) is 18.2 Å². The van der Waals surface area contributed by atoms with Crippen molar-refractivity contribution in [3.63, 3.8) is 0 Å². The highest BCUT2D eigenvalue weighted by Crippen LogP contribution is 2.32. The Morgan fingerprint density at radius 2 is 1.82 bits per heavy atom. The van der Waals surface area contributed by atoms with Crippen molar-refractivity contribution in [1.29, 1.82) is 0 Å². The van der Waals surface area contributed by atoms with Crippen LogP contribution in [0.4, 0.5) is 0 Å². The lowest BCUT2D eigenvalue weighted by atomic mass is 10.1. The Labute approximate surface area is 129 Å². The van der Waals surface area contributed by atoms with Gasteiger partial charge in [-0.15, -0.1) is 0 Å². The van der Waals surface area contributed by atoms with E-state index >= 15 is 0 Å². The van der Waals surface area contributed by atoms with E-state index < -0.39 is 10.0 Å². The van der Waals surface area contributed by atoms with Crippen LogP contribution in [0.25, 0.3) is 0 Å². The summed E-state index contributed by atoms with van der Waals surface area (Å²) in [6.07, 6.45) is 0. The van der Waals surface area contributed by atoms with E-state index in [2.05, 4.69) is 0 Å². The summed E-state index contributed by atoms with van der Waals surface area (Å²) in [5.41, 5.74) is 0.524. The van der Waals surface area contributed by atoms with E-state index in [-0.39, 0.29) is 18.5 Å². The third kappa shape index (κ3) is 2.76. The van der Waals surface area contributed by atoms with Crippen LogP contribution in [-0.2, 0) is 10.0 Å². The average molecular weight is 326 g/mol. The average Bonchev–Trinajstić information content (AvgIpc) is 3.02. The number of rotatable bonds is 3. The number of sulfonamides is 1. The lowest BCUT2D eigenvalue weighted by molar-refractivity contribution is 0.0697. The second kappa shape index (κ2) is 5.77. The molecule has 1 aromatic carbocycles. The molecule has 120 valence electrons. The molecule has 0 aromatic heterocycles. The number of carbonyl (C=O) groups is 1. The molecule has 2 aliphatic heterocycles. The first-order valence-electron chi connectivity index (χ1n) is 7.18. The molecule has 0 N–H and O–H groups in total. The molecular weight excluding hydrogens is 308 g/mol. The molecule has 1 fully saturated rings. The van der Waals surface area contributed by atoms with Gasteiger partial charge in [0, 0.05) is 31.7 Å². The van der Waals surface area contributed by atoms with Gasteiger partial charge < -0.3 is 14.4 Å². The number of benzene rings is 1. The molecule has 0 bridgehead atoms. The van der Waals surface area contributed by atoms with Crippen LogP contribution in [0.1, 0.15) is 17.3 Å². The Hall–Kier alpha value is -1.80. The zero-order valence-electron chi connectivity index (χ0n) is 12.3. The Morgan fingerprint density at radius 3 is 2.50 bits per heavy atom. The van der Waals surface area contributed by atoms with Gasteiger partial charge in [0.05, 0.1) is 5.75 Å². The van der Waals surface area contributed by atoms with Crippen molar-refractivity contribution in [2.24, 2.45) is 0 Å². The summed E-state index contributed by atoms with van der Waals surface area (Å²) in [6.45, 7) is 3.26. The van der Waals surface area contributed by atoms with Crippen LogP contribution in [0.3, 0.4) is 0 Å². The van der Waals surface area contributed by atoms with E-state index in [0.29, 0.717) is 43.2 Å². The minimum Gasteiger partial charge on any atom is -0.454 e. The second-order valence-electron chi connectivity index (χ2n) is 5.16. The molecular formula is C14H18N2O5S. The van der Waals surface area contributed by atoms with E-state index in [1.165, 1.54) is 4.31 Å². The second-order valence-corrected chi connectivity index (χ2v) is 7.42. The fourth-order valence-corrected chi connectivity index (χ4v) is 3.65. The molecule has 8 heteroatoms. The zero-order valence-corrected chi connectivity index (χ0v) is 13.1. The molecule has 0 aliphatic carbocycles. The number of fused-ring (bicyclic) bond motifs is 1. The van der Waals surface area contributed by atoms with Crippen molar-refractivity contribution >= 4 is 15.9 Å². The third-order valence-corrected chi connectivity index (χ3v) is 5.79. The molecule has 1 amide bonds. The van der Waals surface area contributed by atoms with Gasteiger partial charge in [-0.2, -0.15) is 4.31 Å². The monoisotopic (exact) mass is 326 g/mol. The van der Waals surface area contributed by atoms with Crippen molar-refractivity contribution in [2.45, 2.75) is 6.92 Å².